The number of carbonyl (C=O) groups excluding carboxylic acids is 1. The van der Waals surface area contributed by atoms with Crippen LogP contribution in [0, 0.1) is 0 Å². The fourth-order valence-corrected chi connectivity index (χ4v) is 1.90. The third-order valence-corrected chi connectivity index (χ3v) is 2.96. The van der Waals surface area contributed by atoms with Gasteiger partial charge < -0.3 is 10.5 Å². The van der Waals surface area contributed by atoms with Gasteiger partial charge in [-0.1, -0.05) is 24.3 Å². The molecule has 0 saturated carbocycles. The summed E-state index contributed by atoms with van der Waals surface area (Å²) >= 11 is 0. The lowest BCUT2D eigenvalue weighted by Gasteiger charge is -2.13. The van der Waals surface area contributed by atoms with E-state index in [1.807, 2.05) is 36.4 Å². The highest BCUT2D eigenvalue weighted by Gasteiger charge is 2.16. The first kappa shape index (κ1) is 12.5. The Kier molecular flexibility index (Phi) is 3.89. The van der Waals surface area contributed by atoms with E-state index in [2.05, 4.69) is 9.72 Å². The standard InChI is InChI=1S/C14H16N2O2/c1-18-14(17)8-11(9-15)13-7-6-10-4-2-3-5-12(10)16-13/h2-7,11H,8-9,15H2,1H3. The first-order valence-electron chi connectivity index (χ1n) is 5.87. The van der Waals surface area contributed by atoms with E-state index in [4.69, 9.17) is 5.73 Å². The van der Waals surface area contributed by atoms with E-state index in [0.717, 1.165) is 16.6 Å². The fourth-order valence-electron chi connectivity index (χ4n) is 1.90. The van der Waals surface area contributed by atoms with Gasteiger partial charge in [0.25, 0.3) is 0 Å². The number of ether oxygens (including phenoxy) is 1. The number of para-hydroxylation sites is 1. The molecule has 4 nitrogen and oxygen atoms in total. The summed E-state index contributed by atoms with van der Waals surface area (Å²) < 4.78 is 4.67. The van der Waals surface area contributed by atoms with E-state index in [-0.39, 0.29) is 18.3 Å². The average Bonchev–Trinajstić information content (AvgIpc) is 2.44. The third-order valence-electron chi connectivity index (χ3n) is 2.96. The SMILES string of the molecule is COC(=O)CC(CN)c1ccc2ccccc2n1. The van der Waals surface area contributed by atoms with Crippen molar-refractivity contribution in [3.8, 4) is 0 Å². The number of aromatic nitrogens is 1. The minimum absolute atomic E-state index is 0.0953. The zero-order chi connectivity index (χ0) is 13.0. The molecule has 0 aliphatic carbocycles. The number of esters is 1. The van der Waals surface area contributed by atoms with Crippen LogP contribution in [0.5, 0.6) is 0 Å². The van der Waals surface area contributed by atoms with Gasteiger partial charge in [-0.2, -0.15) is 0 Å². The van der Waals surface area contributed by atoms with Gasteiger partial charge in [-0.05, 0) is 12.1 Å². The second-order valence-corrected chi connectivity index (χ2v) is 4.14. The molecule has 4 heteroatoms. The Morgan fingerprint density at radius 3 is 2.83 bits per heavy atom. The number of hydrogen-bond donors (Lipinski definition) is 1. The van der Waals surface area contributed by atoms with Gasteiger partial charge in [0.2, 0.25) is 0 Å². The predicted octanol–water partition coefficient (Wildman–Crippen LogP) is 1.84. The number of nitrogens with zero attached hydrogens (tertiary/aromatic N) is 1. The molecule has 18 heavy (non-hydrogen) atoms. The van der Waals surface area contributed by atoms with Crippen LogP contribution < -0.4 is 5.73 Å². The van der Waals surface area contributed by atoms with Gasteiger partial charge in [-0.3, -0.25) is 9.78 Å². The Balaban J connectivity index is 2.30. The van der Waals surface area contributed by atoms with E-state index in [1.165, 1.54) is 7.11 Å². The molecule has 0 aliphatic rings. The second-order valence-electron chi connectivity index (χ2n) is 4.14. The Labute approximate surface area is 106 Å². The first-order chi connectivity index (χ1) is 8.74. The van der Waals surface area contributed by atoms with Crippen molar-refractivity contribution in [1.29, 1.82) is 0 Å². The summed E-state index contributed by atoms with van der Waals surface area (Å²) in [6.45, 7) is 0.375. The van der Waals surface area contributed by atoms with Gasteiger partial charge in [0.05, 0.1) is 19.0 Å². The van der Waals surface area contributed by atoms with Crippen molar-refractivity contribution < 1.29 is 9.53 Å². The van der Waals surface area contributed by atoms with Crippen LogP contribution in [0.3, 0.4) is 0 Å². The molecule has 0 radical (unpaired) electrons. The molecule has 1 heterocycles. The summed E-state index contributed by atoms with van der Waals surface area (Å²) in [6, 6.07) is 11.8. The largest absolute Gasteiger partial charge is 0.469 e. The molecule has 2 aromatic rings. The Bertz CT molecular complexity index is 554. The van der Waals surface area contributed by atoms with Crippen LogP contribution in [0.1, 0.15) is 18.0 Å². The molecular formula is C14H16N2O2. The third kappa shape index (κ3) is 2.65. The minimum atomic E-state index is -0.264. The number of methoxy groups -OCH3 is 1. The highest BCUT2D eigenvalue weighted by Crippen LogP contribution is 2.20. The van der Waals surface area contributed by atoms with Crippen LogP contribution in [-0.4, -0.2) is 24.6 Å². The summed E-state index contributed by atoms with van der Waals surface area (Å²) in [7, 11) is 1.38. The van der Waals surface area contributed by atoms with Crippen molar-refractivity contribution >= 4 is 16.9 Å². The summed E-state index contributed by atoms with van der Waals surface area (Å²) in [5.41, 5.74) is 7.45. The Morgan fingerprint density at radius 1 is 1.33 bits per heavy atom. The molecule has 1 atom stereocenters. The van der Waals surface area contributed by atoms with Gasteiger partial charge >= 0.3 is 5.97 Å². The van der Waals surface area contributed by atoms with E-state index in [1.54, 1.807) is 0 Å². The van der Waals surface area contributed by atoms with Crippen LogP contribution in [0.25, 0.3) is 10.9 Å². The summed E-state index contributed by atoms with van der Waals surface area (Å²) in [5.74, 6) is -0.359. The van der Waals surface area contributed by atoms with Crippen LogP contribution in [-0.2, 0) is 9.53 Å². The maximum atomic E-state index is 11.3. The zero-order valence-electron chi connectivity index (χ0n) is 10.3. The summed E-state index contributed by atoms with van der Waals surface area (Å²) in [5, 5.41) is 1.08. The maximum Gasteiger partial charge on any atom is 0.306 e. The van der Waals surface area contributed by atoms with Crippen molar-refractivity contribution in [3.63, 3.8) is 0 Å². The number of nitrogens with two attached hydrogens (primary N) is 1. The first-order valence-corrected chi connectivity index (χ1v) is 5.87. The van der Waals surface area contributed by atoms with Gasteiger partial charge in [0.1, 0.15) is 0 Å². The molecule has 2 rings (SSSR count). The van der Waals surface area contributed by atoms with E-state index in [9.17, 15) is 4.79 Å². The molecule has 0 aliphatic heterocycles. The molecule has 1 aromatic heterocycles. The van der Waals surface area contributed by atoms with Gasteiger partial charge in [0, 0.05) is 23.5 Å². The summed E-state index contributed by atoms with van der Waals surface area (Å²) in [4.78, 5) is 15.9. The molecular weight excluding hydrogens is 228 g/mol. The van der Waals surface area contributed by atoms with Crippen LogP contribution in [0.15, 0.2) is 36.4 Å². The van der Waals surface area contributed by atoms with Crippen LogP contribution >= 0.6 is 0 Å². The van der Waals surface area contributed by atoms with E-state index < -0.39 is 0 Å². The minimum Gasteiger partial charge on any atom is -0.469 e. The Hall–Kier alpha value is -1.94. The van der Waals surface area contributed by atoms with Crippen molar-refractivity contribution in [3.05, 3.63) is 42.1 Å². The number of pyridine rings is 1. The number of fused-ring (bicyclic) bond motifs is 1. The lowest BCUT2D eigenvalue weighted by atomic mass is 10.00. The molecule has 0 amide bonds. The highest BCUT2D eigenvalue weighted by molar-refractivity contribution is 5.78. The van der Waals surface area contributed by atoms with Gasteiger partial charge in [-0.25, -0.2) is 0 Å². The van der Waals surface area contributed by atoms with Crippen LogP contribution in [0.2, 0.25) is 0 Å². The number of benzene rings is 1. The van der Waals surface area contributed by atoms with E-state index in [0.29, 0.717) is 6.54 Å². The molecule has 1 unspecified atom stereocenters. The monoisotopic (exact) mass is 244 g/mol. The van der Waals surface area contributed by atoms with Gasteiger partial charge in [0.15, 0.2) is 0 Å². The van der Waals surface area contributed by atoms with Crippen molar-refractivity contribution in [2.45, 2.75) is 12.3 Å². The zero-order valence-corrected chi connectivity index (χ0v) is 10.3. The topological polar surface area (TPSA) is 65.2 Å². The quantitative estimate of drug-likeness (QED) is 0.833. The molecule has 94 valence electrons. The van der Waals surface area contributed by atoms with Gasteiger partial charge in [-0.15, -0.1) is 0 Å². The fraction of sp³-hybridized carbons (Fsp3) is 0.286. The molecule has 1 aromatic carbocycles. The van der Waals surface area contributed by atoms with Crippen molar-refractivity contribution in [1.82, 2.24) is 4.98 Å². The normalized spacial score (nSPS) is 12.3. The van der Waals surface area contributed by atoms with Crippen molar-refractivity contribution in [2.75, 3.05) is 13.7 Å². The lowest BCUT2D eigenvalue weighted by Crippen LogP contribution is -2.18. The number of rotatable bonds is 4. The lowest BCUT2D eigenvalue weighted by molar-refractivity contribution is -0.141. The molecule has 0 bridgehead atoms. The van der Waals surface area contributed by atoms with E-state index >= 15 is 0 Å². The predicted molar refractivity (Wildman–Crippen MR) is 70.2 cm³/mol. The van der Waals surface area contributed by atoms with Crippen molar-refractivity contribution in [2.24, 2.45) is 5.73 Å². The molecule has 0 spiro atoms. The second kappa shape index (κ2) is 5.60. The molecule has 0 saturated heterocycles. The summed E-state index contributed by atoms with van der Waals surface area (Å²) in [6.07, 6.45) is 0.262. The molecule has 2 N–H and O–H groups in total. The smallest absolute Gasteiger partial charge is 0.306 e. The average molecular weight is 244 g/mol. The number of hydrogen-bond acceptors (Lipinski definition) is 4. The molecule has 0 fully saturated rings. The Morgan fingerprint density at radius 2 is 2.11 bits per heavy atom. The maximum absolute atomic E-state index is 11.3. The van der Waals surface area contributed by atoms with Crippen LogP contribution in [0.4, 0.5) is 0 Å². The number of carbonyl (C=O) groups is 1. The highest BCUT2D eigenvalue weighted by atomic mass is 16.5.